The molecule has 0 heterocycles. The maximum atomic E-state index is 4.16. The Morgan fingerprint density at radius 1 is 1.18 bits per heavy atom. The van der Waals surface area contributed by atoms with Crippen LogP contribution >= 0.6 is 0 Å². The van der Waals surface area contributed by atoms with Gasteiger partial charge in [-0.2, -0.15) is 0 Å². The van der Waals surface area contributed by atoms with Gasteiger partial charge in [0.2, 0.25) is 0 Å². The van der Waals surface area contributed by atoms with E-state index in [1.165, 1.54) is 23.1 Å². The van der Waals surface area contributed by atoms with Gasteiger partial charge in [-0.3, -0.25) is 4.99 Å². The van der Waals surface area contributed by atoms with E-state index < -0.39 is 0 Å². The van der Waals surface area contributed by atoms with E-state index in [9.17, 15) is 0 Å². The molecule has 1 heteroatoms. The highest BCUT2D eigenvalue weighted by Crippen LogP contribution is 2.26. The topological polar surface area (TPSA) is 12.4 Å². The molecular weight excluding hydrogens is 206 g/mol. The van der Waals surface area contributed by atoms with Crippen molar-refractivity contribution in [2.75, 3.05) is 7.05 Å². The molecule has 0 radical (unpaired) electrons. The van der Waals surface area contributed by atoms with Crippen molar-refractivity contribution in [2.45, 2.75) is 54.9 Å². The SMILES string of the molecule is C/N=C\C(=C/C(C)CC(C)(C)C)C(C)=C(C)C. The number of hydrogen-bond acceptors (Lipinski definition) is 1. The zero-order chi connectivity index (χ0) is 13.6. The minimum absolute atomic E-state index is 0.378. The highest BCUT2D eigenvalue weighted by Gasteiger charge is 2.14. The van der Waals surface area contributed by atoms with E-state index in [1.54, 1.807) is 0 Å². The zero-order valence-corrected chi connectivity index (χ0v) is 12.9. The molecule has 0 bridgehead atoms. The van der Waals surface area contributed by atoms with Crippen LogP contribution in [0.1, 0.15) is 54.9 Å². The molecular formula is C16H29N. The first-order valence-electron chi connectivity index (χ1n) is 6.46. The van der Waals surface area contributed by atoms with Crippen LogP contribution in [0.25, 0.3) is 0 Å². The Hall–Kier alpha value is -0.850. The Morgan fingerprint density at radius 3 is 2.06 bits per heavy atom. The van der Waals surface area contributed by atoms with Crippen molar-refractivity contribution in [2.24, 2.45) is 16.3 Å². The smallest absolute Gasteiger partial charge is 0.0280 e. The molecule has 0 saturated carbocycles. The molecule has 0 aliphatic rings. The van der Waals surface area contributed by atoms with Gasteiger partial charge in [0.25, 0.3) is 0 Å². The van der Waals surface area contributed by atoms with E-state index in [0.717, 1.165) is 0 Å². The van der Waals surface area contributed by atoms with Crippen LogP contribution in [-0.2, 0) is 0 Å². The molecule has 98 valence electrons. The molecule has 0 rings (SSSR count). The summed E-state index contributed by atoms with van der Waals surface area (Å²) in [6, 6.07) is 0. The number of allylic oxidation sites excluding steroid dienone is 4. The van der Waals surface area contributed by atoms with Crippen molar-refractivity contribution >= 4 is 6.21 Å². The number of nitrogens with zero attached hydrogens (tertiary/aromatic N) is 1. The molecule has 1 atom stereocenters. The maximum absolute atomic E-state index is 4.16. The van der Waals surface area contributed by atoms with Crippen molar-refractivity contribution in [3.05, 3.63) is 22.8 Å². The van der Waals surface area contributed by atoms with Crippen LogP contribution in [0.5, 0.6) is 0 Å². The number of hydrogen-bond donors (Lipinski definition) is 0. The summed E-state index contributed by atoms with van der Waals surface area (Å²) in [6.07, 6.45) is 5.52. The fraction of sp³-hybridized carbons (Fsp3) is 0.688. The quantitative estimate of drug-likeness (QED) is 0.478. The minimum atomic E-state index is 0.378. The minimum Gasteiger partial charge on any atom is -0.296 e. The molecule has 1 unspecified atom stereocenters. The zero-order valence-electron chi connectivity index (χ0n) is 12.9. The van der Waals surface area contributed by atoms with Gasteiger partial charge in [-0.1, -0.05) is 39.3 Å². The van der Waals surface area contributed by atoms with Crippen molar-refractivity contribution in [1.82, 2.24) is 0 Å². The highest BCUT2D eigenvalue weighted by atomic mass is 14.6. The maximum Gasteiger partial charge on any atom is 0.0280 e. The molecule has 0 saturated heterocycles. The van der Waals surface area contributed by atoms with Crippen LogP contribution in [-0.4, -0.2) is 13.3 Å². The highest BCUT2D eigenvalue weighted by molar-refractivity contribution is 5.84. The molecule has 17 heavy (non-hydrogen) atoms. The normalized spacial score (nSPS) is 15.2. The molecule has 1 nitrogen and oxygen atoms in total. The summed E-state index contributed by atoms with van der Waals surface area (Å²) < 4.78 is 0. The van der Waals surface area contributed by atoms with E-state index in [0.29, 0.717) is 11.3 Å². The van der Waals surface area contributed by atoms with Gasteiger partial charge in [0.05, 0.1) is 0 Å². The lowest BCUT2D eigenvalue weighted by Gasteiger charge is -2.22. The predicted octanol–water partition coefficient (Wildman–Crippen LogP) is 5.04. The van der Waals surface area contributed by atoms with Gasteiger partial charge in [0.15, 0.2) is 0 Å². The Kier molecular flexibility index (Phi) is 6.44. The molecule has 0 N–H and O–H groups in total. The van der Waals surface area contributed by atoms with Crippen molar-refractivity contribution in [3.63, 3.8) is 0 Å². The third kappa shape index (κ3) is 7.14. The lowest BCUT2D eigenvalue weighted by Crippen LogP contribution is -2.10. The molecule has 0 fully saturated rings. The van der Waals surface area contributed by atoms with Gasteiger partial charge in [-0.25, -0.2) is 0 Å². The standard InChI is InChI=1S/C16H29N/c1-12(2)14(4)15(11-17-8)9-13(3)10-16(5,6)7/h9,11,13H,10H2,1-8H3/b15-9+,17-11-. The van der Waals surface area contributed by atoms with Crippen LogP contribution < -0.4 is 0 Å². The molecule has 0 aliphatic carbocycles. The van der Waals surface area contributed by atoms with E-state index >= 15 is 0 Å². The summed E-state index contributed by atoms with van der Waals surface area (Å²) in [4.78, 5) is 4.16. The van der Waals surface area contributed by atoms with E-state index in [2.05, 4.69) is 59.5 Å². The molecule has 0 aromatic carbocycles. The van der Waals surface area contributed by atoms with Crippen molar-refractivity contribution in [3.8, 4) is 0 Å². The van der Waals surface area contributed by atoms with Crippen LogP contribution in [0.4, 0.5) is 0 Å². The fourth-order valence-electron chi connectivity index (χ4n) is 2.02. The van der Waals surface area contributed by atoms with Gasteiger partial charge in [0.1, 0.15) is 0 Å². The average Bonchev–Trinajstić information content (AvgIpc) is 2.12. The van der Waals surface area contributed by atoms with Gasteiger partial charge >= 0.3 is 0 Å². The summed E-state index contributed by atoms with van der Waals surface area (Å²) >= 11 is 0. The van der Waals surface area contributed by atoms with Gasteiger partial charge < -0.3 is 0 Å². The first-order chi connectivity index (χ1) is 7.67. The van der Waals surface area contributed by atoms with Gasteiger partial charge in [-0.15, -0.1) is 0 Å². The van der Waals surface area contributed by atoms with Gasteiger partial charge in [-0.05, 0) is 49.7 Å². The molecule has 0 amide bonds. The van der Waals surface area contributed by atoms with E-state index in [1.807, 2.05) is 13.3 Å². The Balaban J connectivity index is 5.02. The largest absolute Gasteiger partial charge is 0.296 e. The number of rotatable bonds is 4. The summed E-state index contributed by atoms with van der Waals surface area (Å²) in [7, 11) is 1.83. The first-order valence-corrected chi connectivity index (χ1v) is 6.46. The van der Waals surface area contributed by atoms with Crippen LogP contribution in [0.3, 0.4) is 0 Å². The first kappa shape index (κ1) is 16.1. The number of aliphatic imine (C=N–C) groups is 1. The summed E-state index contributed by atoms with van der Waals surface area (Å²) in [5.74, 6) is 0.581. The Labute approximate surface area is 108 Å². The second-order valence-electron chi connectivity index (χ2n) is 6.38. The lowest BCUT2D eigenvalue weighted by atomic mass is 9.84. The third-order valence-electron chi connectivity index (χ3n) is 2.85. The molecule has 0 aromatic heterocycles. The van der Waals surface area contributed by atoms with Crippen LogP contribution in [0.2, 0.25) is 0 Å². The second-order valence-corrected chi connectivity index (χ2v) is 6.38. The average molecular weight is 235 g/mol. The van der Waals surface area contributed by atoms with E-state index in [-0.39, 0.29) is 0 Å². The third-order valence-corrected chi connectivity index (χ3v) is 2.85. The Morgan fingerprint density at radius 2 is 1.71 bits per heavy atom. The monoisotopic (exact) mass is 235 g/mol. The van der Waals surface area contributed by atoms with Crippen LogP contribution in [0.15, 0.2) is 27.8 Å². The second kappa shape index (κ2) is 6.78. The molecule has 0 aromatic rings. The molecule has 0 spiro atoms. The van der Waals surface area contributed by atoms with Crippen molar-refractivity contribution < 1.29 is 0 Å². The fourth-order valence-corrected chi connectivity index (χ4v) is 2.02. The summed E-state index contributed by atoms with van der Waals surface area (Å²) in [5, 5.41) is 0. The molecule has 0 aliphatic heterocycles. The summed E-state index contributed by atoms with van der Waals surface area (Å²) in [5.41, 5.74) is 4.35. The lowest BCUT2D eigenvalue weighted by molar-refractivity contribution is 0.336. The van der Waals surface area contributed by atoms with E-state index in [4.69, 9.17) is 0 Å². The Bertz CT molecular complexity index is 320. The van der Waals surface area contributed by atoms with Gasteiger partial charge in [0, 0.05) is 13.3 Å². The van der Waals surface area contributed by atoms with Crippen LogP contribution in [0, 0.1) is 11.3 Å². The predicted molar refractivity (Wildman–Crippen MR) is 79.8 cm³/mol. The summed E-state index contributed by atoms with van der Waals surface area (Å²) in [6.45, 7) is 15.6. The van der Waals surface area contributed by atoms with Crippen molar-refractivity contribution in [1.29, 1.82) is 0 Å².